The molecule has 0 aliphatic carbocycles. The second-order valence-electron chi connectivity index (χ2n) is 6.83. The van der Waals surface area contributed by atoms with Gasteiger partial charge in [0.05, 0.1) is 19.3 Å². The zero-order chi connectivity index (χ0) is 17.6. The van der Waals surface area contributed by atoms with E-state index in [0.717, 1.165) is 31.5 Å². The Kier molecular flexibility index (Phi) is 6.39. The van der Waals surface area contributed by atoms with Crippen LogP contribution in [0.2, 0.25) is 0 Å². The molecule has 0 spiro atoms. The van der Waals surface area contributed by atoms with Crippen molar-refractivity contribution in [1.82, 2.24) is 10.2 Å². The fraction of sp³-hybridized carbons (Fsp3) is 0.632. The molecule has 0 saturated carbocycles. The van der Waals surface area contributed by atoms with Gasteiger partial charge in [0.1, 0.15) is 5.82 Å². The molecule has 1 atom stereocenters. The monoisotopic (exact) mass is 350 g/mol. The van der Waals surface area contributed by atoms with Gasteiger partial charge in [-0.05, 0) is 57.0 Å². The minimum absolute atomic E-state index is 0.0499. The Labute approximate surface area is 148 Å². The summed E-state index contributed by atoms with van der Waals surface area (Å²) >= 11 is 0. The van der Waals surface area contributed by atoms with Crippen LogP contribution >= 0.6 is 0 Å². The van der Waals surface area contributed by atoms with Gasteiger partial charge in [-0.25, -0.2) is 4.39 Å². The molecule has 2 aliphatic rings. The Morgan fingerprint density at radius 2 is 1.88 bits per heavy atom. The van der Waals surface area contributed by atoms with E-state index in [1.54, 1.807) is 12.1 Å². The van der Waals surface area contributed by atoms with E-state index < -0.39 is 0 Å². The highest BCUT2D eigenvalue weighted by Gasteiger charge is 2.32. The molecule has 1 N–H and O–H groups in total. The second-order valence-corrected chi connectivity index (χ2v) is 6.83. The first-order valence-corrected chi connectivity index (χ1v) is 9.13. The first-order valence-electron chi connectivity index (χ1n) is 9.13. The number of hydrogen-bond acceptors (Lipinski definition) is 4. The van der Waals surface area contributed by atoms with Gasteiger partial charge in [0.2, 0.25) is 5.91 Å². The average Bonchev–Trinajstić information content (AvgIpc) is 3.17. The fourth-order valence-electron chi connectivity index (χ4n) is 3.52. The number of carbonyl (C=O) groups is 1. The largest absolute Gasteiger partial charge is 0.354 e. The Morgan fingerprint density at radius 3 is 2.52 bits per heavy atom. The number of likely N-dealkylation sites (tertiary alicyclic amines) is 1. The highest BCUT2D eigenvalue weighted by Crippen LogP contribution is 2.26. The van der Waals surface area contributed by atoms with Crippen LogP contribution in [0.25, 0.3) is 0 Å². The van der Waals surface area contributed by atoms with Crippen LogP contribution in [-0.2, 0) is 20.7 Å². The van der Waals surface area contributed by atoms with Gasteiger partial charge in [0.15, 0.2) is 6.29 Å². The summed E-state index contributed by atoms with van der Waals surface area (Å²) in [7, 11) is 0. The number of amides is 1. The van der Waals surface area contributed by atoms with Crippen LogP contribution in [0.4, 0.5) is 4.39 Å². The third-order valence-corrected chi connectivity index (χ3v) is 5.16. The number of carbonyl (C=O) groups excluding carboxylic acids is 1. The van der Waals surface area contributed by atoms with Crippen molar-refractivity contribution in [3.05, 3.63) is 35.6 Å². The standard InChI is InChI=1S/C19H27FN2O3/c1-14(18(23)21-9-6-15-2-4-17(20)5-3-15)22-10-7-16(8-11-22)19-24-12-13-25-19/h2-5,14,16,19H,6-13H2,1H3,(H,21,23). The molecular weight excluding hydrogens is 323 g/mol. The zero-order valence-corrected chi connectivity index (χ0v) is 14.7. The molecule has 2 aliphatic heterocycles. The molecule has 138 valence electrons. The fourth-order valence-corrected chi connectivity index (χ4v) is 3.52. The van der Waals surface area contributed by atoms with Crippen LogP contribution in [0, 0.1) is 11.7 Å². The molecule has 25 heavy (non-hydrogen) atoms. The van der Waals surface area contributed by atoms with Gasteiger partial charge in [0, 0.05) is 12.5 Å². The number of nitrogens with zero attached hydrogens (tertiary/aromatic N) is 1. The van der Waals surface area contributed by atoms with Crippen molar-refractivity contribution >= 4 is 5.91 Å². The summed E-state index contributed by atoms with van der Waals surface area (Å²) in [4.78, 5) is 14.6. The van der Waals surface area contributed by atoms with E-state index in [9.17, 15) is 9.18 Å². The van der Waals surface area contributed by atoms with Gasteiger partial charge in [-0.1, -0.05) is 12.1 Å². The van der Waals surface area contributed by atoms with Crippen molar-refractivity contribution in [2.75, 3.05) is 32.8 Å². The van der Waals surface area contributed by atoms with E-state index in [0.29, 0.717) is 32.1 Å². The SMILES string of the molecule is CC(C(=O)NCCc1ccc(F)cc1)N1CCC(C2OCCO2)CC1. The van der Waals surface area contributed by atoms with E-state index in [1.165, 1.54) is 12.1 Å². The van der Waals surface area contributed by atoms with Crippen molar-refractivity contribution in [2.45, 2.75) is 38.5 Å². The highest BCUT2D eigenvalue weighted by molar-refractivity contribution is 5.81. The van der Waals surface area contributed by atoms with Crippen LogP contribution in [-0.4, -0.2) is 56.0 Å². The molecule has 1 amide bonds. The zero-order valence-electron chi connectivity index (χ0n) is 14.7. The first-order chi connectivity index (χ1) is 12.1. The Hall–Kier alpha value is -1.50. The Morgan fingerprint density at radius 1 is 1.24 bits per heavy atom. The smallest absolute Gasteiger partial charge is 0.237 e. The second kappa shape index (κ2) is 8.74. The van der Waals surface area contributed by atoms with Crippen LogP contribution in [0.1, 0.15) is 25.3 Å². The minimum atomic E-state index is -0.238. The van der Waals surface area contributed by atoms with Gasteiger partial charge in [-0.15, -0.1) is 0 Å². The molecule has 6 heteroatoms. The number of piperidine rings is 1. The molecule has 5 nitrogen and oxygen atoms in total. The van der Waals surface area contributed by atoms with Gasteiger partial charge >= 0.3 is 0 Å². The molecule has 3 rings (SSSR count). The lowest BCUT2D eigenvalue weighted by Gasteiger charge is -2.36. The number of hydrogen-bond donors (Lipinski definition) is 1. The molecule has 1 aromatic rings. The molecule has 1 unspecified atom stereocenters. The maximum atomic E-state index is 12.9. The van der Waals surface area contributed by atoms with E-state index in [1.807, 2.05) is 6.92 Å². The Balaban J connectivity index is 1.38. The number of halogens is 1. The molecule has 2 saturated heterocycles. The van der Waals surface area contributed by atoms with E-state index in [2.05, 4.69) is 10.2 Å². The third kappa shape index (κ3) is 5.00. The number of benzene rings is 1. The van der Waals surface area contributed by atoms with Crippen LogP contribution in [0.3, 0.4) is 0 Å². The lowest BCUT2D eigenvalue weighted by molar-refractivity contribution is -0.128. The van der Waals surface area contributed by atoms with Crippen molar-refractivity contribution < 1.29 is 18.7 Å². The molecule has 2 fully saturated rings. The molecule has 2 heterocycles. The summed E-state index contributed by atoms with van der Waals surface area (Å²) in [6.45, 7) is 5.68. The van der Waals surface area contributed by atoms with Crippen molar-refractivity contribution in [3.63, 3.8) is 0 Å². The first kappa shape index (κ1) is 18.3. The van der Waals surface area contributed by atoms with Gasteiger partial charge in [-0.3, -0.25) is 9.69 Å². The predicted octanol–water partition coefficient (Wildman–Crippen LogP) is 1.96. The van der Waals surface area contributed by atoms with Crippen LogP contribution in [0.15, 0.2) is 24.3 Å². The van der Waals surface area contributed by atoms with Crippen molar-refractivity contribution in [2.24, 2.45) is 5.92 Å². The van der Waals surface area contributed by atoms with E-state index in [-0.39, 0.29) is 24.1 Å². The molecule has 0 bridgehead atoms. The Bertz CT molecular complexity index is 552. The lowest BCUT2D eigenvalue weighted by Crippen LogP contribution is -2.49. The summed E-state index contributed by atoms with van der Waals surface area (Å²) in [6.07, 6.45) is 2.65. The molecule has 1 aromatic carbocycles. The van der Waals surface area contributed by atoms with Crippen molar-refractivity contribution in [3.8, 4) is 0 Å². The van der Waals surface area contributed by atoms with Gasteiger partial charge in [0.25, 0.3) is 0 Å². The predicted molar refractivity (Wildman–Crippen MR) is 92.6 cm³/mol. The maximum Gasteiger partial charge on any atom is 0.237 e. The molecule has 0 radical (unpaired) electrons. The number of rotatable bonds is 6. The summed E-state index contributed by atoms with van der Waals surface area (Å²) in [5, 5.41) is 2.99. The lowest BCUT2D eigenvalue weighted by atomic mass is 9.95. The summed E-state index contributed by atoms with van der Waals surface area (Å²) in [5.74, 6) is 0.250. The van der Waals surface area contributed by atoms with Gasteiger partial charge in [-0.2, -0.15) is 0 Å². The minimum Gasteiger partial charge on any atom is -0.354 e. The van der Waals surface area contributed by atoms with E-state index in [4.69, 9.17) is 9.47 Å². The summed E-state index contributed by atoms with van der Waals surface area (Å²) in [5.41, 5.74) is 1.02. The normalized spacial score (nSPS) is 21.4. The maximum absolute atomic E-state index is 12.9. The third-order valence-electron chi connectivity index (χ3n) is 5.16. The van der Waals surface area contributed by atoms with Gasteiger partial charge < -0.3 is 14.8 Å². The van der Waals surface area contributed by atoms with Crippen LogP contribution < -0.4 is 5.32 Å². The summed E-state index contributed by atoms with van der Waals surface area (Å²) in [6, 6.07) is 6.26. The summed E-state index contributed by atoms with van der Waals surface area (Å²) < 4.78 is 24.1. The molecule has 0 aromatic heterocycles. The number of ether oxygens (including phenoxy) is 2. The topological polar surface area (TPSA) is 50.8 Å². The average molecular weight is 350 g/mol. The van der Waals surface area contributed by atoms with E-state index >= 15 is 0 Å². The number of nitrogens with one attached hydrogen (secondary N) is 1. The quantitative estimate of drug-likeness (QED) is 0.852. The highest BCUT2D eigenvalue weighted by atomic mass is 19.1. The van der Waals surface area contributed by atoms with Crippen LogP contribution in [0.5, 0.6) is 0 Å². The molecular formula is C19H27FN2O3. The van der Waals surface area contributed by atoms with Crippen molar-refractivity contribution in [1.29, 1.82) is 0 Å².